The van der Waals surface area contributed by atoms with Gasteiger partial charge < -0.3 is 14.6 Å². The van der Waals surface area contributed by atoms with Crippen molar-refractivity contribution in [1.82, 2.24) is 15.3 Å². The molecule has 1 aromatic rings. The van der Waals surface area contributed by atoms with E-state index in [1.807, 2.05) is 35.3 Å². The molecule has 2 N–H and O–H groups in total. The van der Waals surface area contributed by atoms with Gasteiger partial charge in [-0.1, -0.05) is 30.3 Å². The average molecular weight is 476 g/mol. The number of rotatable bonds is 9. The van der Waals surface area contributed by atoms with E-state index in [-0.39, 0.29) is 5.91 Å². The minimum Gasteiger partial charge on any atom is -0.480 e. The molecule has 1 aromatic carbocycles. The Kier molecular flexibility index (Phi) is 9.00. The maximum atomic E-state index is 13.5. The first-order valence-corrected chi connectivity index (χ1v) is 11.7. The lowest BCUT2D eigenvalue weighted by Gasteiger charge is -2.43. The fraction of sp³-hybridized carbons (Fsp3) is 0.583. The number of nitrogens with zero attached hydrogens (tertiary/aromatic N) is 2. The second kappa shape index (κ2) is 11.9. The van der Waals surface area contributed by atoms with E-state index >= 15 is 0 Å². The lowest BCUT2D eigenvalue weighted by Crippen LogP contribution is -2.62. The Balaban J connectivity index is 1.70. The van der Waals surface area contributed by atoms with Crippen molar-refractivity contribution in [2.75, 3.05) is 13.1 Å². The number of ether oxygens (including phenoxy) is 2. The van der Waals surface area contributed by atoms with Crippen LogP contribution in [-0.2, 0) is 35.1 Å². The molecular formula is C24H33N3O7. The highest BCUT2D eigenvalue weighted by Gasteiger charge is 2.43. The normalized spacial score (nSPS) is 22.8. The van der Waals surface area contributed by atoms with Gasteiger partial charge in [-0.2, -0.15) is 0 Å². The third kappa shape index (κ3) is 6.77. The highest BCUT2D eigenvalue weighted by molar-refractivity contribution is 5.88. The molecule has 2 heterocycles. The number of aryl methyl sites for hydroxylation is 1. The third-order valence-electron chi connectivity index (χ3n) is 6.08. The van der Waals surface area contributed by atoms with E-state index in [1.165, 1.54) is 18.9 Å². The van der Waals surface area contributed by atoms with Crippen LogP contribution in [0.1, 0.15) is 51.5 Å². The molecule has 34 heavy (non-hydrogen) atoms. The summed E-state index contributed by atoms with van der Waals surface area (Å²) in [7, 11) is 0. The Morgan fingerprint density at radius 1 is 1.12 bits per heavy atom. The van der Waals surface area contributed by atoms with Crippen molar-refractivity contribution in [1.29, 1.82) is 0 Å². The molecule has 4 atom stereocenters. The summed E-state index contributed by atoms with van der Waals surface area (Å²) < 4.78 is 10.1. The van der Waals surface area contributed by atoms with Crippen molar-refractivity contribution in [3.05, 3.63) is 35.9 Å². The number of carboxylic acid groups (broad SMARTS) is 1. The van der Waals surface area contributed by atoms with Crippen LogP contribution in [0.15, 0.2) is 30.3 Å². The van der Waals surface area contributed by atoms with Crippen molar-refractivity contribution in [3.63, 3.8) is 0 Å². The quantitative estimate of drug-likeness (QED) is 0.403. The Morgan fingerprint density at radius 3 is 2.44 bits per heavy atom. The predicted octanol–water partition coefficient (Wildman–Crippen LogP) is 1.48. The molecule has 10 heteroatoms. The van der Waals surface area contributed by atoms with Gasteiger partial charge in [-0.25, -0.2) is 9.80 Å². The molecule has 2 aliphatic rings. The van der Waals surface area contributed by atoms with Crippen LogP contribution in [0.3, 0.4) is 0 Å². The molecule has 186 valence electrons. The maximum absolute atomic E-state index is 13.5. The van der Waals surface area contributed by atoms with E-state index in [1.54, 1.807) is 0 Å². The van der Waals surface area contributed by atoms with Gasteiger partial charge in [0.05, 0.1) is 6.04 Å². The van der Waals surface area contributed by atoms with Gasteiger partial charge >= 0.3 is 17.9 Å². The van der Waals surface area contributed by atoms with Gasteiger partial charge in [-0.3, -0.25) is 24.7 Å². The molecule has 0 bridgehead atoms. The Labute approximate surface area is 199 Å². The van der Waals surface area contributed by atoms with Crippen LogP contribution < -0.4 is 5.32 Å². The number of carboxylic acids is 1. The highest BCUT2D eigenvalue weighted by Crippen LogP contribution is 2.25. The molecule has 1 unspecified atom stereocenters. The molecular weight excluding hydrogens is 442 g/mol. The summed E-state index contributed by atoms with van der Waals surface area (Å²) in [6, 6.07) is 7.09. The monoisotopic (exact) mass is 475 g/mol. The number of hydrogen-bond donors (Lipinski definition) is 2. The van der Waals surface area contributed by atoms with Crippen molar-refractivity contribution >= 4 is 23.8 Å². The molecule has 0 saturated carbocycles. The van der Waals surface area contributed by atoms with Gasteiger partial charge in [0.2, 0.25) is 6.29 Å². The number of aliphatic carboxylic acids is 1. The van der Waals surface area contributed by atoms with Gasteiger partial charge in [0.15, 0.2) is 0 Å². The van der Waals surface area contributed by atoms with Crippen molar-refractivity contribution < 1.29 is 33.8 Å². The topological polar surface area (TPSA) is 125 Å². The molecule has 0 aliphatic carbocycles. The lowest BCUT2D eigenvalue weighted by atomic mass is 10.0. The zero-order valence-electron chi connectivity index (χ0n) is 19.6. The molecule has 2 aliphatic heterocycles. The van der Waals surface area contributed by atoms with Crippen LogP contribution in [0.25, 0.3) is 0 Å². The standard InChI is InChI=1S/C24H33N3O7/c1-16(28)33-17(2)34-24(32)21-11-7-15-26-14-6-10-19(22(29)27(21)26)25-20(23(30)31)13-12-18-8-4-3-5-9-18/h3-5,8-9,17,19-21,25H,6-7,10-15H2,1-2H3,(H,30,31)/t17?,19-,20-,21-/m0/s1. The first-order valence-electron chi connectivity index (χ1n) is 11.7. The summed E-state index contributed by atoms with van der Waals surface area (Å²) in [4.78, 5) is 49.5. The smallest absolute Gasteiger partial charge is 0.333 e. The summed E-state index contributed by atoms with van der Waals surface area (Å²) in [5.41, 5.74) is 1.02. The van der Waals surface area contributed by atoms with Gasteiger partial charge in [-0.15, -0.1) is 0 Å². The van der Waals surface area contributed by atoms with E-state index in [4.69, 9.17) is 9.47 Å². The first-order chi connectivity index (χ1) is 16.3. The highest BCUT2D eigenvalue weighted by atomic mass is 16.7. The van der Waals surface area contributed by atoms with Gasteiger partial charge in [0.25, 0.3) is 5.91 Å². The van der Waals surface area contributed by atoms with E-state index in [0.717, 1.165) is 5.56 Å². The summed E-state index contributed by atoms with van der Waals surface area (Å²) in [5, 5.41) is 16.1. The summed E-state index contributed by atoms with van der Waals surface area (Å²) in [5.74, 6) is -2.58. The van der Waals surface area contributed by atoms with Crippen LogP contribution >= 0.6 is 0 Å². The fourth-order valence-electron chi connectivity index (χ4n) is 4.52. The van der Waals surface area contributed by atoms with Crippen LogP contribution in [-0.4, -0.2) is 76.4 Å². The molecule has 2 fully saturated rings. The van der Waals surface area contributed by atoms with Crippen LogP contribution in [0.4, 0.5) is 0 Å². The minimum atomic E-state index is -1.06. The first kappa shape index (κ1) is 25.6. The van der Waals surface area contributed by atoms with Crippen molar-refractivity contribution in [2.24, 2.45) is 0 Å². The van der Waals surface area contributed by atoms with Gasteiger partial charge in [0.1, 0.15) is 12.1 Å². The zero-order valence-corrected chi connectivity index (χ0v) is 19.6. The van der Waals surface area contributed by atoms with Crippen LogP contribution in [0, 0.1) is 0 Å². The Bertz CT molecular complexity index is 879. The second-order valence-electron chi connectivity index (χ2n) is 8.69. The Morgan fingerprint density at radius 2 is 1.79 bits per heavy atom. The SMILES string of the molecule is CC(=O)OC(C)OC(=O)[C@@H]1CCCN2CCC[C@H](N[C@@H](CCc3ccccc3)C(=O)O)C(=O)N12. The molecule has 0 spiro atoms. The molecule has 0 radical (unpaired) electrons. The second-order valence-corrected chi connectivity index (χ2v) is 8.69. The third-order valence-corrected chi connectivity index (χ3v) is 6.08. The largest absolute Gasteiger partial charge is 0.480 e. The summed E-state index contributed by atoms with van der Waals surface area (Å²) in [6.45, 7) is 3.86. The van der Waals surface area contributed by atoms with E-state index < -0.39 is 42.3 Å². The minimum absolute atomic E-state index is 0.332. The van der Waals surface area contributed by atoms with Gasteiger partial charge in [0, 0.05) is 26.9 Å². The maximum Gasteiger partial charge on any atom is 0.333 e. The Hall–Kier alpha value is -2.98. The van der Waals surface area contributed by atoms with Crippen molar-refractivity contribution in [3.8, 4) is 0 Å². The van der Waals surface area contributed by atoms with E-state index in [9.17, 15) is 24.3 Å². The number of esters is 2. The zero-order chi connectivity index (χ0) is 24.7. The number of benzene rings is 1. The average Bonchev–Trinajstić information content (AvgIpc) is 2.95. The number of nitrogens with one attached hydrogen (secondary N) is 1. The van der Waals surface area contributed by atoms with E-state index in [0.29, 0.717) is 51.6 Å². The lowest BCUT2D eigenvalue weighted by molar-refractivity contribution is -0.198. The molecule has 3 rings (SSSR count). The molecule has 2 saturated heterocycles. The predicted molar refractivity (Wildman–Crippen MR) is 121 cm³/mol. The van der Waals surface area contributed by atoms with Gasteiger partial charge in [-0.05, 0) is 44.1 Å². The van der Waals surface area contributed by atoms with Crippen molar-refractivity contribution in [2.45, 2.75) is 76.8 Å². The number of hydrogen-bond acceptors (Lipinski definition) is 8. The number of fused-ring (bicyclic) bond motifs is 1. The van der Waals surface area contributed by atoms with Crippen LogP contribution in [0.2, 0.25) is 0 Å². The molecule has 0 aromatic heterocycles. The van der Waals surface area contributed by atoms with Crippen LogP contribution in [0.5, 0.6) is 0 Å². The molecule has 1 amide bonds. The number of amides is 1. The number of carbonyl (C=O) groups excluding carboxylic acids is 3. The molecule has 10 nitrogen and oxygen atoms in total. The number of carbonyl (C=O) groups is 4. The summed E-state index contributed by atoms with van der Waals surface area (Å²) >= 11 is 0. The summed E-state index contributed by atoms with van der Waals surface area (Å²) in [6.07, 6.45) is 2.09. The fourth-order valence-corrected chi connectivity index (χ4v) is 4.52. The van der Waals surface area contributed by atoms with E-state index in [2.05, 4.69) is 5.32 Å². The number of hydrazine groups is 1.